The zero-order valence-electron chi connectivity index (χ0n) is 12.1. The van der Waals surface area contributed by atoms with Crippen molar-refractivity contribution in [3.05, 3.63) is 42.0 Å². The van der Waals surface area contributed by atoms with E-state index in [1.54, 1.807) is 11.0 Å². The minimum atomic E-state index is -4.14. The number of phenols is 1. The summed E-state index contributed by atoms with van der Waals surface area (Å²) in [5, 5.41) is 12.0. The molecule has 2 aromatic carbocycles. The summed E-state index contributed by atoms with van der Waals surface area (Å²) in [5.41, 5.74) is 0.709. The lowest BCUT2D eigenvalue weighted by Crippen LogP contribution is -2.41. The minimum absolute atomic E-state index is 0.00611. The number of halogens is 3. The number of hydrogen-bond donors (Lipinski definition) is 1. The summed E-state index contributed by atoms with van der Waals surface area (Å²) in [5.74, 6) is -1.12. The standard InChI is InChI=1S/C17H18F3NO/c18-17(19,20)13-5-3-9-21(10-13)11-15-14-6-2-1-4-12(14)7-8-16(15)22/h1-2,4,6-8,13,22H,3,5,9-11H2. The first-order valence-corrected chi connectivity index (χ1v) is 7.44. The van der Waals surface area contributed by atoms with Crippen LogP contribution in [0.3, 0.4) is 0 Å². The van der Waals surface area contributed by atoms with Gasteiger partial charge in [-0.15, -0.1) is 0 Å². The van der Waals surface area contributed by atoms with Gasteiger partial charge in [0.1, 0.15) is 5.75 Å². The Morgan fingerprint density at radius 2 is 1.91 bits per heavy atom. The normalized spacial score (nSPS) is 20.4. The van der Waals surface area contributed by atoms with Gasteiger partial charge in [-0.05, 0) is 36.2 Å². The second-order valence-electron chi connectivity index (χ2n) is 5.90. The monoisotopic (exact) mass is 309 g/mol. The number of likely N-dealkylation sites (tertiary alicyclic amines) is 1. The lowest BCUT2D eigenvalue weighted by Gasteiger charge is -2.34. The first-order valence-electron chi connectivity index (χ1n) is 7.44. The molecule has 0 aliphatic carbocycles. The number of nitrogens with zero attached hydrogens (tertiary/aromatic N) is 1. The summed E-state index contributed by atoms with van der Waals surface area (Å²) >= 11 is 0. The predicted molar refractivity (Wildman–Crippen MR) is 79.7 cm³/mol. The molecule has 5 heteroatoms. The first-order chi connectivity index (χ1) is 10.4. The zero-order valence-corrected chi connectivity index (χ0v) is 12.1. The highest BCUT2D eigenvalue weighted by Gasteiger charge is 2.41. The molecule has 0 amide bonds. The number of hydrogen-bond acceptors (Lipinski definition) is 2. The summed E-state index contributed by atoms with van der Waals surface area (Å²) in [6.07, 6.45) is -3.41. The van der Waals surface area contributed by atoms with E-state index in [9.17, 15) is 18.3 Å². The van der Waals surface area contributed by atoms with Crippen molar-refractivity contribution >= 4 is 10.8 Å². The second kappa shape index (κ2) is 5.80. The van der Waals surface area contributed by atoms with Crippen molar-refractivity contribution in [1.29, 1.82) is 0 Å². The van der Waals surface area contributed by atoms with Crippen LogP contribution in [-0.4, -0.2) is 29.3 Å². The molecule has 1 saturated heterocycles. The highest BCUT2D eigenvalue weighted by Crippen LogP contribution is 2.35. The molecule has 1 fully saturated rings. The second-order valence-corrected chi connectivity index (χ2v) is 5.90. The van der Waals surface area contributed by atoms with E-state index >= 15 is 0 Å². The van der Waals surface area contributed by atoms with Crippen LogP contribution < -0.4 is 0 Å². The fourth-order valence-corrected chi connectivity index (χ4v) is 3.18. The fourth-order valence-electron chi connectivity index (χ4n) is 3.18. The van der Waals surface area contributed by atoms with Gasteiger partial charge in [-0.1, -0.05) is 30.3 Å². The molecule has 1 unspecified atom stereocenters. The Morgan fingerprint density at radius 1 is 1.14 bits per heavy atom. The molecule has 0 spiro atoms. The van der Waals surface area contributed by atoms with Crippen LogP contribution in [0.1, 0.15) is 18.4 Å². The van der Waals surface area contributed by atoms with Gasteiger partial charge in [0.05, 0.1) is 5.92 Å². The van der Waals surface area contributed by atoms with Crippen molar-refractivity contribution in [2.24, 2.45) is 5.92 Å². The van der Waals surface area contributed by atoms with Crippen LogP contribution in [0.5, 0.6) is 5.75 Å². The van der Waals surface area contributed by atoms with Crippen molar-refractivity contribution in [1.82, 2.24) is 4.90 Å². The molecule has 2 nitrogen and oxygen atoms in total. The van der Waals surface area contributed by atoms with E-state index in [4.69, 9.17) is 0 Å². The lowest BCUT2D eigenvalue weighted by molar-refractivity contribution is -0.187. The molecular formula is C17H18F3NO. The molecule has 1 aliphatic heterocycles. The predicted octanol–water partition coefficient (Wildman–Crippen LogP) is 4.32. The number of benzene rings is 2. The third kappa shape index (κ3) is 3.04. The van der Waals surface area contributed by atoms with Crippen LogP contribution in [0.2, 0.25) is 0 Å². The van der Waals surface area contributed by atoms with Crippen LogP contribution >= 0.6 is 0 Å². The molecular weight excluding hydrogens is 291 g/mol. The average molecular weight is 309 g/mol. The Kier molecular flexibility index (Phi) is 4.00. The van der Waals surface area contributed by atoms with E-state index in [0.29, 0.717) is 25.1 Å². The zero-order chi connectivity index (χ0) is 15.7. The topological polar surface area (TPSA) is 23.5 Å². The van der Waals surface area contributed by atoms with Crippen molar-refractivity contribution < 1.29 is 18.3 Å². The molecule has 1 atom stereocenters. The van der Waals surface area contributed by atoms with Crippen molar-refractivity contribution in [2.45, 2.75) is 25.6 Å². The summed E-state index contributed by atoms with van der Waals surface area (Å²) in [6.45, 7) is 0.987. The molecule has 118 valence electrons. The summed E-state index contributed by atoms with van der Waals surface area (Å²) in [4.78, 5) is 1.79. The van der Waals surface area contributed by atoms with Gasteiger partial charge in [0, 0.05) is 18.7 Å². The van der Waals surface area contributed by atoms with Crippen LogP contribution in [0.15, 0.2) is 36.4 Å². The van der Waals surface area contributed by atoms with E-state index in [-0.39, 0.29) is 18.7 Å². The van der Waals surface area contributed by atoms with Crippen LogP contribution in [0, 0.1) is 5.92 Å². The molecule has 0 aromatic heterocycles. The third-order valence-corrected chi connectivity index (χ3v) is 4.37. The van der Waals surface area contributed by atoms with E-state index < -0.39 is 12.1 Å². The molecule has 2 aromatic rings. The Balaban J connectivity index is 1.85. The molecule has 1 N–H and O–H groups in total. The van der Waals surface area contributed by atoms with Gasteiger partial charge in [-0.3, -0.25) is 4.90 Å². The van der Waals surface area contributed by atoms with E-state index in [2.05, 4.69) is 0 Å². The smallest absolute Gasteiger partial charge is 0.393 e. The molecule has 22 heavy (non-hydrogen) atoms. The quantitative estimate of drug-likeness (QED) is 0.893. The van der Waals surface area contributed by atoms with Crippen LogP contribution in [-0.2, 0) is 6.54 Å². The minimum Gasteiger partial charge on any atom is -0.508 e. The van der Waals surface area contributed by atoms with E-state index in [0.717, 1.165) is 10.8 Å². The van der Waals surface area contributed by atoms with Gasteiger partial charge in [-0.2, -0.15) is 13.2 Å². The molecule has 3 rings (SSSR count). The van der Waals surface area contributed by atoms with Crippen molar-refractivity contribution in [3.63, 3.8) is 0 Å². The maximum absolute atomic E-state index is 12.9. The summed E-state index contributed by atoms with van der Waals surface area (Å²) in [6, 6.07) is 11.1. The highest BCUT2D eigenvalue weighted by molar-refractivity contribution is 5.87. The van der Waals surface area contributed by atoms with Crippen molar-refractivity contribution in [2.75, 3.05) is 13.1 Å². The van der Waals surface area contributed by atoms with Gasteiger partial charge < -0.3 is 5.11 Å². The number of alkyl halides is 3. The average Bonchev–Trinajstić information content (AvgIpc) is 2.50. The number of fused-ring (bicyclic) bond motifs is 1. The molecule has 0 radical (unpaired) electrons. The number of aromatic hydroxyl groups is 1. The van der Waals surface area contributed by atoms with E-state index in [1.165, 1.54) is 0 Å². The van der Waals surface area contributed by atoms with Gasteiger partial charge in [0.25, 0.3) is 0 Å². The molecule has 0 bridgehead atoms. The maximum atomic E-state index is 12.9. The highest BCUT2D eigenvalue weighted by atomic mass is 19.4. The number of phenolic OH excluding ortho intramolecular Hbond substituents is 1. The van der Waals surface area contributed by atoms with Gasteiger partial charge in [0.15, 0.2) is 0 Å². The summed E-state index contributed by atoms with van der Waals surface area (Å²) in [7, 11) is 0. The fraction of sp³-hybridized carbons (Fsp3) is 0.412. The Bertz CT molecular complexity index is 668. The first kappa shape index (κ1) is 15.2. The Labute approximate surface area is 127 Å². The molecule has 0 saturated carbocycles. The Morgan fingerprint density at radius 3 is 2.68 bits per heavy atom. The largest absolute Gasteiger partial charge is 0.508 e. The SMILES string of the molecule is Oc1ccc2ccccc2c1CN1CCCC(C(F)(F)F)C1. The van der Waals surface area contributed by atoms with Gasteiger partial charge in [-0.25, -0.2) is 0 Å². The lowest BCUT2D eigenvalue weighted by atomic mass is 9.96. The summed E-state index contributed by atoms with van der Waals surface area (Å²) < 4.78 is 38.7. The van der Waals surface area contributed by atoms with Crippen molar-refractivity contribution in [3.8, 4) is 5.75 Å². The van der Waals surface area contributed by atoms with Gasteiger partial charge in [0.2, 0.25) is 0 Å². The molecule has 1 heterocycles. The number of rotatable bonds is 2. The Hall–Kier alpha value is -1.75. The maximum Gasteiger partial charge on any atom is 0.393 e. The van der Waals surface area contributed by atoms with Gasteiger partial charge >= 0.3 is 6.18 Å². The van der Waals surface area contributed by atoms with Crippen LogP contribution in [0.4, 0.5) is 13.2 Å². The molecule has 1 aliphatic rings. The van der Waals surface area contributed by atoms with E-state index in [1.807, 2.05) is 30.3 Å². The number of piperidine rings is 1. The third-order valence-electron chi connectivity index (χ3n) is 4.37. The van der Waals surface area contributed by atoms with Crippen LogP contribution in [0.25, 0.3) is 10.8 Å².